The first-order valence-electron chi connectivity index (χ1n) is 11.0. The van der Waals surface area contributed by atoms with Crippen molar-refractivity contribution < 1.29 is 18.7 Å². The van der Waals surface area contributed by atoms with Gasteiger partial charge in [0.1, 0.15) is 17.3 Å². The number of rotatable bonds is 6. The summed E-state index contributed by atoms with van der Waals surface area (Å²) in [6.07, 6.45) is 1.54. The summed E-state index contributed by atoms with van der Waals surface area (Å²) in [6, 6.07) is 22.3. The van der Waals surface area contributed by atoms with Crippen LogP contribution in [0.2, 0.25) is 0 Å². The Hall–Kier alpha value is -3.87. The van der Waals surface area contributed by atoms with Crippen LogP contribution in [0.25, 0.3) is 0 Å². The number of piperidine rings is 1. The van der Waals surface area contributed by atoms with Gasteiger partial charge in [0.25, 0.3) is 0 Å². The van der Waals surface area contributed by atoms with Crippen molar-refractivity contribution in [1.29, 1.82) is 0 Å². The smallest absolute Gasteiger partial charge is 0.321 e. The van der Waals surface area contributed by atoms with Crippen LogP contribution in [0.1, 0.15) is 18.4 Å². The lowest BCUT2D eigenvalue weighted by atomic mass is 9.97. The fraction of sp³-hybridized carbons (Fsp3) is 0.231. The number of hydrogen-bond acceptors (Lipinski definition) is 3. The Balaban J connectivity index is 1.25. The van der Waals surface area contributed by atoms with Gasteiger partial charge in [-0.1, -0.05) is 30.3 Å². The molecule has 0 bridgehead atoms. The van der Waals surface area contributed by atoms with Crippen LogP contribution < -0.4 is 15.4 Å². The SMILES string of the molecule is O=C(NCc1ccc(Oc2ccc(F)cc2)cc1)C1CCCN(C(=O)Nc2ccccc2)C1. The molecule has 3 aromatic carbocycles. The van der Waals surface area contributed by atoms with Crippen LogP contribution in [0.5, 0.6) is 11.5 Å². The summed E-state index contributed by atoms with van der Waals surface area (Å²) in [4.78, 5) is 27.0. The molecule has 1 fully saturated rings. The van der Waals surface area contributed by atoms with Crippen LogP contribution in [-0.2, 0) is 11.3 Å². The van der Waals surface area contributed by atoms with Gasteiger partial charge in [-0.2, -0.15) is 0 Å². The van der Waals surface area contributed by atoms with Gasteiger partial charge in [-0.3, -0.25) is 4.79 Å². The highest BCUT2D eigenvalue weighted by atomic mass is 19.1. The number of likely N-dealkylation sites (tertiary alicyclic amines) is 1. The maximum atomic E-state index is 13.0. The molecular formula is C26H26FN3O3. The predicted molar refractivity (Wildman–Crippen MR) is 125 cm³/mol. The van der Waals surface area contributed by atoms with E-state index >= 15 is 0 Å². The summed E-state index contributed by atoms with van der Waals surface area (Å²) >= 11 is 0. The molecule has 170 valence electrons. The molecule has 0 radical (unpaired) electrons. The van der Waals surface area contributed by atoms with Crippen molar-refractivity contribution in [3.05, 3.63) is 90.2 Å². The molecule has 6 nitrogen and oxygen atoms in total. The van der Waals surface area contributed by atoms with E-state index in [0.717, 1.165) is 24.1 Å². The number of amides is 3. The van der Waals surface area contributed by atoms with E-state index in [4.69, 9.17) is 4.74 Å². The van der Waals surface area contributed by atoms with Crippen molar-refractivity contribution in [3.8, 4) is 11.5 Å². The summed E-state index contributed by atoms with van der Waals surface area (Å²) < 4.78 is 18.7. The first-order valence-corrected chi connectivity index (χ1v) is 11.0. The number of urea groups is 1. The monoisotopic (exact) mass is 447 g/mol. The van der Waals surface area contributed by atoms with Gasteiger partial charge >= 0.3 is 6.03 Å². The number of hydrogen-bond donors (Lipinski definition) is 2. The molecule has 0 aliphatic carbocycles. The molecule has 1 aliphatic rings. The van der Waals surface area contributed by atoms with Gasteiger partial charge < -0.3 is 20.3 Å². The minimum Gasteiger partial charge on any atom is -0.457 e. The van der Waals surface area contributed by atoms with Crippen LogP contribution in [0.4, 0.5) is 14.9 Å². The fourth-order valence-electron chi connectivity index (χ4n) is 3.75. The number of halogens is 1. The van der Waals surface area contributed by atoms with Crippen molar-refractivity contribution in [3.63, 3.8) is 0 Å². The van der Waals surface area contributed by atoms with Gasteiger partial charge in [0.15, 0.2) is 0 Å². The largest absolute Gasteiger partial charge is 0.457 e. The zero-order chi connectivity index (χ0) is 23.0. The zero-order valence-electron chi connectivity index (χ0n) is 18.2. The molecule has 4 rings (SSSR count). The number of nitrogens with one attached hydrogen (secondary N) is 2. The van der Waals surface area contributed by atoms with Crippen LogP contribution in [0, 0.1) is 11.7 Å². The van der Waals surface area contributed by atoms with Crippen molar-refractivity contribution in [1.82, 2.24) is 10.2 Å². The summed E-state index contributed by atoms with van der Waals surface area (Å²) in [5, 5.41) is 5.85. The summed E-state index contributed by atoms with van der Waals surface area (Å²) in [5.41, 5.74) is 1.67. The second-order valence-corrected chi connectivity index (χ2v) is 8.00. The Bertz CT molecular complexity index is 1070. The molecule has 1 atom stereocenters. The van der Waals surface area contributed by atoms with E-state index in [9.17, 15) is 14.0 Å². The quantitative estimate of drug-likeness (QED) is 0.547. The van der Waals surface area contributed by atoms with Gasteiger partial charge in [0, 0.05) is 25.3 Å². The van der Waals surface area contributed by atoms with Crippen LogP contribution in [-0.4, -0.2) is 29.9 Å². The van der Waals surface area contributed by atoms with E-state index in [-0.39, 0.29) is 23.7 Å². The molecule has 1 aliphatic heterocycles. The van der Waals surface area contributed by atoms with E-state index in [1.54, 1.807) is 29.2 Å². The molecule has 1 saturated heterocycles. The number of para-hydroxylation sites is 1. The van der Waals surface area contributed by atoms with Crippen LogP contribution >= 0.6 is 0 Å². The topological polar surface area (TPSA) is 70.7 Å². The molecule has 0 spiro atoms. The lowest BCUT2D eigenvalue weighted by Gasteiger charge is -2.32. The third kappa shape index (κ3) is 6.32. The van der Waals surface area contributed by atoms with E-state index in [2.05, 4.69) is 10.6 Å². The number of nitrogens with zero attached hydrogens (tertiary/aromatic N) is 1. The van der Waals surface area contributed by atoms with Gasteiger partial charge in [-0.15, -0.1) is 0 Å². The molecule has 1 unspecified atom stereocenters. The van der Waals surface area contributed by atoms with E-state index < -0.39 is 0 Å². The predicted octanol–water partition coefficient (Wildman–Crippen LogP) is 5.18. The Morgan fingerprint density at radius 1 is 0.939 bits per heavy atom. The number of anilines is 1. The average molecular weight is 448 g/mol. The van der Waals surface area contributed by atoms with E-state index in [0.29, 0.717) is 31.1 Å². The highest BCUT2D eigenvalue weighted by Crippen LogP contribution is 2.22. The second kappa shape index (κ2) is 10.6. The maximum absolute atomic E-state index is 13.0. The molecule has 0 saturated carbocycles. The normalized spacial score (nSPS) is 15.5. The third-order valence-electron chi connectivity index (χ3n) is 5.54. The molecule has 1 heterocycles. The number of benzene rings is 3. The minimum atomic E-state index is -0.314. The van der Waals surface area contributed by atoms with Gasteiger partial charge in [-0.25, -0.2) is 9.18 Å². The average Bonchev–Trinajstić information content (AvgIpc) is 2.85. The molecule has 3 aromatic rings. The zero-order valence-corrected chi connectivity index (χ0v) is 18.2. The maximum Gasteiger partial charge on any atom is 0.321 e. The summed E-state index contributed by atoms with van der Waals surface area (Å²) in [6.45, 7) is 1.43. The van der Waals surface area contributed by atoms with Gasteiger partial charge in [0.05, 0.1) is 5.92 Å². The van der Waals surface area contributed by atoms with E-state index in [1.807, 2.05) is 42.5 Å². The third-order valence-corrected chi connectivity index (χ3v) is 5.54. The number of ether oxygens (including phenoxy) is 1. The lowest BCUT2D eigenvalue weighted by molar-refractivity contribution is -0.126. The Labute approximate surface area is 192 Å². The first-order chi connectivity index (χ1) is 16.1. The van der Waals surface area contributed by atoms with Gasteiger partial charge in [0.2, 0.25) is 5.91 Å². The number of carbonyl (C=O) groups is 2. The van der Waals surface area contributed by atoms with Crippen LogP contribution in [0.15, 0.2) is 78.9 Å². The summed E-state index contributed by atoms with van der Waals surface area (Å²) in [5.74, 6) is 0.575. The highest BCUT2D eigenvalue weighted by Gasteiger charge is 2.28. The summed E-state index contributed by atoms with van der Waals surface area (Å²) in [7, 11) is 0. The molecule has 2 N–H and O–H groups in total. The van der Waals surface area contributed by atoms with Crippen molar-refractivity contribution in [2.75, 3.05) is 18.4 Å². The van der Waals surface area contributed by atoms with E-state index in [1.165, 1.54) is 12.1 Å². The van der Waals surface area contributed by atoms with Crippen molar-refractivity contribution >= 4 is 17.6 Å². The fourth-order valence-corrected chi connectivity index (χ4v) is 3.75. The standard InChI is InChI=1S/C26H26FN3O3/c27-21-10-14-24(15-11-21)33-23-12-8-19(9-13-23)17-28-25(31)20-5-4-16-30(18-20)26(32)29-22-6-2-1-3-7-22/h1-3,6-15,20H,4-5,16-18H2,(H,28,31)(H,29,32). The molecule has 7 heteroatoms. The van der Waals surface area contributed by atoms with Crippen molar-refractivity contribution in [2.45, 2.75) is 19.4 Å². The van der Waals surface area contributed by atoms with Gasteiger partial charge in [-0.05, 0) is 66.9 Å². The Morgan fingerprint density at radius 3 is 2.30 bits per heavy atom. The second-order valence-electron chi connectivity index (χ2n) is 8.00. The van der Waals surface area contributed by atoms with Crippen molar-refractivity contribution in [2.24, 2.45) is 5.92 Å². The first kappa shape index (κ1) is 22.3. The molecular weight excluding hydrogens is 421 g/mol. The molecule has 0 aromatic heterocycles. The molecule has 33 heavy (non-hydrogen) atoms. The highest BCUT2D eigenvalue weighted by molar-refractivity contribution is 5.90. The number of carbonyl (C=O) groups excluding carboxylic acids is 2. The molecule has 3 amide bonds. The minimum absolute atomic E-state index is 0.0566. The van der Waals surface area contributed by atoms with Crippen LogP contribution in [0.3, 0.4) is 0 Å². The Morgan fingerprint density at radius 2 is 1.61 bits per heavy atom. The lowest BCUT2D eigenvalue weighted by Crippen LogP contribution is -2.46. The Kier molecular flexibility index (Phi) is 7.19.